The van der Waals surface area contributed by atoms with Gasteiger partial charge in [-0.15, -0.1) is 0 Å². The summed E-state index contributed by atoms with van der Waals surface area (Å²) in [6, 6.07) is 21.4. The Balaban J connectivity index is 1.57. The predicted molar refractivity (Wildman–Crippen MR) is 163 cm³/mol. The molecule has 6 heteroatoms. The normalized spacial score (nSPS) is 23.9. The van der Waals surface area contributed by atoms with Crippen molar-refractivity contribution < 1.29 is 9.53 Å². The van der Waals surface area contributed by atoms with Crippen molar-refractivity contribution in [2.45, 2.75) is 58.7 Å². The molecule has 0 radical (unpaired) electrons. The van der Waals surface area contributed by atoms with Gasteiger partial charge >= 0.3 is 0 Å². The molecule has 0 spiro atoms. The van der Waals surface area contributed by atoms with Crippen molar-refractivity contribution in [1.29, 1.82) is 0 Å². The molecule has 6 nitrogen and oxygen atoms in total. The minimum Gasteiger partial charge on any atom is -0.374 e. The molecule has 1 fully saturated rings. The van der Waals surface area contributed by atoms with Crippen LogP contribution in [0.4, 0.5) is 0 Å². The molecule has 0 saturated carbocycles. The van der Waals surface area contributed by atoms with Crippen LogP contribution in [0.1, 0.15) is 45.2 Å². The minimum absolute atomic E-state index is 0.0258. The van der Waals surface area contributed by atoms with E-state index in [1.807, 2.05) is 12.1 Å². The quantitative estimate of drug-likeness (QED) is 0.501. The van der Waals surface area contributed by atoms with Crippen molar-refractivity contribution in [3.63, 3.8) is 0 Å². The van der Waals surface area contributed by atoms with Gasteiger partial charge in [0, 0.05) is 45.1 Å². The second-order valence-corrected chi connectivity index (χ2v) is 12.5. The Labute approximate surface area is 239 Å². The van der Waals surface area contributed by atoms with Crippen molar-refractivity contribution in [1.82, 2.24) is 15.2 Å². The van der Waals surface area contributed by atoms with Crippen LogP contribution in [-0.4, -0.2) is 73.0 Å². The second-order valence-electron chi connectivity index (χ2n) is 12.5. The Morgan fingerprint density at radius 3 is 2.42 bits per heavy atom. The summed E-state index contributed by atoms with van der Waals surface area (Å²) in [4.78, 5) is 16.5. The van der Waals surface area contributed by atoms with E-state index in [1.165, 1.54) is 22.3 Å². The van der Waals surface area contributed by atoms with Crippen molar-refractivity contribution in [2.24, 2.45) is 16.4 Å². The monoisotopic (exact) mass is 540 g/mol. The Kier molecular flexibility index (Phi) is 8.57. The molecule has 5 rings (SSSR count). The largest absolute Gasteiger partial charge is 0.374 e. The number of rotatable bonds is 8. The van der Waals surface area contributed by atoms with Crippen LogP contribution in [0.3, 0.4) is 0 Å². The summed E-state index contributed by atoms with van der Waals surface area (Å²) < 4.78 is 6.16. The molecule has 2 aromatic carbocycles. The molecule has 2 aromatic rings. The molecule has 2 unspecified atom stereocenters. The molecule has 40 heavy (non-hydrogen) atoms. The maximum Gasteiger partial charge on any atom is 0.270 e. The summed E-state index contributed by atoms with van der Waals surface area (Å²) in [6.07, 6.45) is 6.24. The van der Waals surface area contributed by atoms with Gasteiger partial charge in [-0.25, -0.2) is 0 Å². The molecule has 0 bridgehead atoms. The van der Waals surface area contributed by atoms with Crippen LogP contribution in [0, 0.1) is 11.3 Å². The molecule has 212 valence electrons. The summed E-state index contributed by atoms with van der Waals surface area (Å²) in [7, 11) is 1.95. The number of ether oxygens (including phenoxy) is 1. The summed E-state index contributed by atoms with van der Waals surface area (Å²) in [5.41, 5.74) is 5.44. The average Bonchev–Trinajstić information content (AvgIpc) is 3.51. The van der Waals surface area contributed by atoms with E-state index < -0.39 is 0 Å². The van der Waals surface area contributed by atoms with Crippen LogP contribution in [-0.2, 0) is 16.0 Å². The van der Waals surface area contributed by atoms with E-state index in [4.69, 9.17) is 9.84 Å². The standard InChI is InChI=1S/C34H44N4O2/c1-24-18-31(36-37(24)5)33(39)38(23-29-22-35-16-17-40-29)32(34(2,3)4)30-21-27(26-14-10-7-11-15-26)20-28(30)19-25-12-8-6-9-13-25/h6-15,20-21,24,28-29,32,35H,16-19,22-23H2,1-5H3/t24?,28?,29-,32-/m0/s1. The molecule has 4 atom stereocenters. The third kappa shape index (κ3) is 6.39. The van der Waals surface area contributed by atoms with Crippen LogP contribution in [0.15, 0.2) is 83.5 Å². The van der Waals surface area contributed by atoms with Crippen molar-refractivity contribution in [2.75, 3.05) is 33.3 Å². The molecule has 1 aliphatic carbocycles. The van der Waals surface area contributed by atoms with E-state index in [2.05, 4.69) is 111 Å². The number of allylic oxidation sites excluding steroid dienone is 3. The fraction of sp³-hybridized carbons (Fsp3) is 0.471. The second kappa shape index (κ2) is 12.1. The van der Waals surface area contributed by atoms with Crippen LogP contribution in [0.5, 0.6) is 0 Å². The van der Waals surface area contributed by atoms with E-state index in [0.29, 0.717) is 25.3 Å². The van der Waals surface area contributed by atoms with Crippen molar-refractivity contribution in [3.8, 4) is 0 Å². The van der Waals surface area contributed by atoms with Gasteiger partial charge in [0.25, 0.3) is 5.91 Å². The van der Waals surface area contributed by atoms with Crippen LogP contribution in [0.25, 0.3) is 5.57 Å². The maximum absolute atomic E-state index is 14.4. The molecule has 2 heterocycles. The first kappa shape index (κ1) is 28.3. The average molecular weight is 541 g/mol. The van der Waals surface area contributed by atoms with Gasteiger partial charge in [-0.05, 0) is 41.0 Å². The third-order valence-corrected chi connectivity index (χ3v) is 8.30. The highest BCUT2D eigenvalue weighted by Crippen LogP contribution is 2.42. The Morgan fingerprint density at radius 1 is 1.12 bits per heavy atom. The van der Waals surface area contributed by atoms with Gasteiger partial charge < -0.3 is 15.0 Å². The number of hydrazone groups is 1. The van der Waals surface area contributed by atoms with E-state index in [9.17, 15) is 4.79 Å². The smallest absolute Gasteiger partial charge is 0.270 e. The number of carbonyl (C=O) groups excluding carboxylic acids is 1. The minimum atomic E-state index is -0.213. The topological polar surface area (TPSA) is 57.2 Å². The highest BCUT2D eigenvalue weighted by molar-refractivity contribution is 6.39. The van der Waals surface area contributed by atoms with Crippen LogP contribution >= 0.6 is 0 Å². The Hall–Kier alpha value is -3.22. The number of nitrogens with zero attached hydrogens (tertiary/aromatic N) is 3. The third-order valence-electron chi connectivity index (χ3n) is 8.30. The van der Waals surface area contributed by atoms with Gasteiger partial charge in [-0.1, -0.05) is 93.6 Å². The molecular formula is C34H44N4O2. The first-order chi connectivity index (χ1) is 19.2. The van der Waals surface area contributed by atoms with Crippen molar-refractivity contribution >= 4 is 17.2 Å². The summed E-state index contributed by atoms with van der Waals surface area (Å²) in [6.45, 7) is 11.7. The van der Waals surface area contributed by atoms with Gasteiger partial charge in [0.15, 0.2) is 0 Å². The van der Waals surface area contributed by atoms with Crippen LogP contribution < -0.4 is 5.32 Å². The van der Waals surface area contributed by atoms with Gasteiger partial charge in [0.05, 0.1) is 18.8 Å². The lowest BCUT2D eigenvalue weighted by Crippen LogP contribution is -2.56. The first-order valence-corrected chi connectivity index (χ1v) is 14.7. The fourth-order valence-corrected chi connectivity index (χ4v) is 6.23. The molecule has 2 aliphatic heterocycles. The number of nitrogens with one attached hydrogen (secondary N) is 1. The number of morpholine rings is 1. The van der Waals surface area contributed by atoms with Gasteiger partial charge in [0.1, 0.15) is 5.71 Å². The number of carbonyl (C=O) groups is 1. The lowest BCUT2D eigenvalue weighted by molar-refractivity contribution is -0.130. The molecule has 1 amide bonds. The van der Waals surface area contributed by atoms with Gasteiger partial charge in [0.2, 0.25) is 0 Å². The number of hydrogen-bond acceptors (Lipinski definition) is 5. The number of hydrogen-bond donors (Lipinski definition) is 1. The molecule has 1 N–H and O–H groups in total. The maximum atomic E-state index is 14.4. The van der Waals surface area contributed by atoms with Gasteiger partial charge in [-0.2, -0.15) is 5.10 Å². The van der Waals surface area contributed by atoms with Gasteiger partial charge in [-0.3, -0.25) is 9.80 Å². The van der Waals surface area contributed by atoms with E-state index in [1.54, 1.807) is 0 Å². The van der Waals surface area contributed by atoms with Crippen molar-refractivity contribution in [3.05, 3.63) is 89.5 Å². The first-order valence-electron chi connectivity index (χ1n) is 14.7. The molecule has 3 aliphatic rings. The van der Waals surface area contributed by atoms with E-state index in [-0.39, 0.29) is 35.4 Å². The molecule has 0 aromatic heterocycles. The summed E-state index contributed by atoms with van der Waals surface area (Å²) in [5.74, 6) is 0.201. The lowest BCUT2D eigenvalue weighted by Gasteiger charge is -2.44. The number of amides is 1. The lowest BCUT2D eigenvalue weighted by atomic mass is 9.76. The highest BCUT2D eigenvalue weighted by atomic mass is 16.5. The SMILES string of the molecule is CC1CC(C(=O)N(C[C@@H]2CNCCO2)[C@@H](C2=CC(c3ccccc3)=CC2Cc2ccccc2)C(C)(C)C)=NN1C. The molecule has 1 saturated heterocycles. The fourth-order valence-electron chi connectivity index (χ4n) is 6.23. The molecular weight excluding hydrogens is 496 g/mol. The zero-order valence-corrected chi connectivity index (χ0v) is 24.6. The number of benzene rings is 2. The zero-order chi connectivity index (χ0) is 28.3. The van der Waals surface area contributed by atoms with E-state index >= 15 is 0 Å². The predicted octanol–water partition coefficient (Wildman–Crippen LogP) is 5.18. The van der Waals surface area contributed by atoms with Crippen LogP contribution in [0.2, 0.25) is 0 Å². The summed E-state index contributed by atoms with van der Waals surface area (Å²) >= 11 is 0. The highest BCUT2D eigenvalue weighted by Gasteiger charge is 2.43. The summed E-state index contributed by atoms with van der Waals surface area (Å²) in [5, 5.41) is 10.1. The van der Waals surface area contributed by atoms with E-state index in [0.717, 1.165) is 19.5 Å². The zero-order valence-electron chi connectivity index (χ0n) is 24.6. The Bertz CT molecular complexity index is 1260. The Morgan fingerprint density at radius 2 is 1.82 bits per heavy atom.